The molecule has 5 rings (SSSR count). The molecule has 0 bridgehead atoms. The first-order chi connectivity index (χ1) is 10.7. The Morgan fingerprint density at radius 2 is 1.73 bits per heavy atom. The predicted octanol–water partition coefficient (Wildman–Crippen LogP) is 1.68. The lowest BCUT2D eigenvalue weighted by molar-refractivity contribution is -0.168. The van der Waals surface area contributed by atoms with E-state index in [1.54, 1.807) is 0 Å². The van der Waals surface area contributed by atoms with E-state index in [-0.39, 0.29) is 0 Å². The molecule has 10 atom stereocenters. The minimum Gasteiger partial charge on any atom is -0.390 e. The van der Waals surface area contributed by atoms with Crippen LogP contribution < -0.4 is 10.3 Å². The first kappa shape index (κ1) is 14.5. The van der Waals surface area contributed by atoms with Gasteiger partial charge >= 0.3 is 0 Å². The lowest BCUT2D eigenvalue weighted by Gasteiger charge is -2.56. The molecule has 5 fully saturated rings. The molecule has 0 aromatic carbocycles. The van der Waals surface area contributed by atoms with Crippen LogP contribution in [0, 0.1) is 35.5 Å². The summed E-state index contributed by atoms with van der Waals surface area (Å²) in [6.45, 7) is 0. The van der Waals surface area contributed by atoms with E-state index in [0.717, 1.165) is 12.3 Å². The summed E-state index contributed by atoms with van der Waals surface area (Å²) in [6.07, 6.45) is 7.90. The summed E-state index contributed by atoms with van der Waals surface area (Å²) < 4.78 is 0. The molecular formula is C17H28N2O2S. The minimum atomic E-state index is -0.501. The molecule has 0 amide bonds. The average molecular weight is 324 g/mol. The van der Waals surface area contributed by atoms with E-state index in [1.807, 2.05) is 11.9 Å². The Bertz CT molecular complexity index is 450. The van der Waals surface area contributed by atoms with Gasteiger partial charge in [0.15, 0.2) is 0 Å². The standard InChI is InChI=1S/C17H28N2O2S/c20-16-12-6-13-14(22-19-18-13)7-11(12)10-5-4-8-2-1-3-9(8)15(10)17(16)21/h8-21H,1-7H2. The second kappa shape index (κ2) is 5.35. The van der Waals surface area contributed by atoms with Gasteiger partial charge in [0.2, 0.25) is 0 Å². The van der Waals surface area contributed by atoms with Gasteiger partial charge in [-0.25, -0.2) is 10.3 Å². The van der Waals surface area contributed by atoms with Crippen LogP contribution in [0.15, 0.2) is 0 Å². The Morgan fingerprint density at radius 3 is 2.64 bits per heavy atom. The van der Waals surface area contributed by atoms with Crippen molar-refractivity contribution in [2.45, 2.75) is 68.4 Å². The highest BCUT2D eigenvalue weighted by Gasteiger charge is 2.58. The highest BCUT2D eigenvalue weighted by molar-refractivity contribution is 7.98. The molecule has 4 N–H and O–H groups in total. The maximum atomic E-state index is 10.9. The van der Waals surface area contributed by atoms with Crippen molar-refractivity contribution in [1.82, 2.24) is 10.3 Å². The molecular weight excluding hydrogens is 296 g/mol. The number of hydrogen-bond acceptors (Lipinski definition) is 5. The summed E-state index contributed by atoms with van der Waals surface area (Å²) in [4.78, 5) is 3.23. The number of hydrogen-bond donors (Lipinski definition) is 4. The zero-order valence-corrected chi connectivity index (χ0v) is 13.8. The third-order valence-corrected chi connectivity index (χ3v) is 8.85. The number of aliphatic hydroxyl groups excluding tert-OH is 2. The smallest absolute Gasteiger partial charge is 0.0835 e. The second-order valence-corrected chi connectivity index (χ2v) is 9.51. The van der Waals surface area contributed by atoms with Crippen molar-refractivity contribution < 1.29 is 10.2 Å². The van der Waals surface area contributed by atoms with Crippen LogP contribution in [-0.2, 0) is 0 Å². The van der Waals surface area contributed by atoms with E-state index >= 15 is 0 Å². The lowest BCUT2D eigenvalue weighted by atomic mass is 9.51. The number of aliphatic hydroxyl groups is 2. The van der Waals surface area contributed by atoms with E-state index in [4.69, 9.17) is 0 Å². The van der Waals surface area contributed by atoms with E-state index in [9.17, 15) is 10.2 Å². The number of hydrazine groups is 1. The SMILES string of the molecule is OC1C(O)C2C3CCCC3CCC2C2CC3SNNC3CC12. The summed E-state index contributed by atoms with van der Waals surface area (Å²) in [5.41, 5.74) is 3.36. The lowest BCUT2D eigenvalue weighted by Crippen LogP contribution is -2.60. The van der Waals surface area contributed by atoms with Gasteiger partial charge in [-0.1, -0.05) is 24.8 Å². The molecule has 22 heavy (non-hydrogen) atoms. The Morgan fingerprint density at radius 1 is 0.818 bits per heavy atom. The van der Waals surface area contributed by atoms with E-state index in [0.29, 0.717) is 40.9 Å². The van der Waals surface area contributed by atoms with Crippen LogP contribution in [0.2, 0.25) is 0 Å². The van der Waals surface area contributed by atoms with Crippen molar-refractivity contribution in [3.8, 4) is 0 Å². The van der Waals surface area contributed by atoms with Crippen LogP contribution in [0.3, 0.4) is 0 Å². The summed E-state index contributed by atoms with van der Waals surface area (Å²) in [6, 6.07) is 0.465. The number of rotatable bonds is 0. The quantitative estimate of drug-likeness (QED) is 0.511. The van der Waals surface area contributed by atoms with Gasteiger partial charge in [-0.2, -0.15) is 0 Å². The maximum Gasteiger partial charge on any atom is 0.0835 e. The van der Waals surface area contributed by atoms with Gasteiger partial charge in [-0.05, 0) is 67.6 Å². The fraction of sp³-hybridized carbons (Fsp3) is 1.00. The van der Waals surface area contributed by atoms with Crippen molar-refractivity contribution in [3.05, 3.63) is 0 Å². The topological polar surface area (TPSA) is 64.5 Å². The van der Waals surface area contributed by atoms with Crippen molar-refractivity contribution >= 4 is 11.9 Å². The highest BCUT2D eigenvalue weighted by atomic mass is 32.2. The Kier molecular flexibility index (Phi) is 3.53. The molecule has 0 aromatic rings. The molecule has 0 spiro atoms. The van der Waals surface area contributed by atoms with Gasteiger partial charge in [0.25, 0.3) is 0 Å². The van der Waals surface area contributed by atoms with Crippen molar-refractivity contribution in [3.63, 3.8) is 0 Å². The van der Waals surface area contributed by atoms with Crippen molar-refractivity contribution in [1.29, 1.82) is 0 Å². The number of fused-ring (bicyclic) bond motifs is 6. The first-order valence-electron chi connectivity index (χ1n) is 9.26. The van der Waals surface area contributed by atoms with E-state index in [1.165, 1.54) is 38.5 Å². The van der Waals surface area contributed by atoms with Gasteiger partial charge in [-0.15, -0.1) is 0 Å². The number of nitrogens with one attached hydrogen (secondary N) is 2. The summed E-state index contributed by atoms with van der Waals surface area (Å²) >= 11 is 1.84. The molecule has 1 heterocycles. The monoisotopic (exact) mass is 324 g/mol. The maximum absolute atomic E-state index is 10.9. The van der Waals surface area contributed by atoms with Gasteiger partial charge in [0.05, 0.1) is 12.2 Å². The van der Waals surface area contributed by atoms with Gasteiger partial charge in [-0.3, -0.25) is 0 Å². The molecule has 0 radical (unpaired) electrons. The van der Waals surface area contributed by atoms with Crippen LogP contribution >= 0.6 is 11.9 Å². The van der Waals surface area contributed by atoms with Crippen LogP contribution in [0.1, 0.15) is 44.9 Å². The minimum absolute atomic E-state index is 0.295. The average Bonchev–Trinajstić information content (AvgIpc) is 3.18. The molecule has 4 nitrogen and oxygen atoms in total. The largest absolute Gasteiger partial charge is 0.390 e. The zero-order valence-electron chi connectivity index (χ0n) is 13.0. The fourth-order valence-electron chi connectivity index (χ4n) is 6.91. The summed E-state index contributed by atoms with van der Waals surface area (Å²) in [5.74, 6) is 3.48. The first-order valence-corrected chi connectivity index (χ1v) is 10.1. The summed E-state index contributed by atoms with van der Waals surface area (Å²) in [5, 5.41) is 22.4. The molecule has 5 aliphatic rings. The van der Waals surface area contributed by atoms with Gasteiger partial charge < -0.3 is 10.2 Å². The molecule has 1 saturated heterocycles. The van der Waals surface area contributed by atoms with Crippen molar-refractivity contribution in [2.24, 2.45) is 35.5 Å². The molecule has 124 valence electrons. The molecule has 5 heteroatoms. The van der Waals surface area contributed by atoms with Gasteiger partial charge in [0.1, 0.15) is 0 Å². The van der Waals surface area contributed by atoms with E-state index < -0.39 is 12.2 Å². The third-order valence-electron chi connectivity index (χ3n) is 7.79. The van der Waals surface area contributed by atoms with E-state index in [2.05, 4.69) is 10.3 Å². The zero-order chi connectivity index (χ0) is 14.8. The molecule has 1 aliphatic heterocycles. The van der Waals surface area contributed by atoms with Crippen LogP contribution in [0.4, 0.5) is 0 Å². The fourth-order valence-corrected chi connectivity index (χ4v) is 7.95. The Labute approximate surface area is 136 Å². The Balaban J connectivity index is 1.46. The van der Waals surface area contributed by atoms with Crippen molar-refractivity contribution in [2.75, 3.05) is 0 Å². The normalized spacial score (nSPS) is 60.3. The van der Waals surface area contributed by atoms with Gasteiger partial charge in [0, 0.05) is 11.3 Å². The molecule has 10 unspecified atom stereocenters. The highest BCUT2D eigenvalue weighted by Crippen LogP contribution is 2.58. The van der Waals surface area contributed by atoms with Crippen LogP contribution in [0.5, 0.6) is 0 Å². The van der Waals surface area contributed by atoms with Crippen LogP contribution in [-0.4, -0.2) is 33.7 Å². The second-order valence-electron chi connectivity index (χ2n) is 8.46. The summed E-state index contributed by atoms with van der Waals surface area (Å²) in [7, 11) is 0. The Hall–Kier alpha value is 0.190. The third kappa shape index (κ3) is 1.99. The predicted molar refractivity (Wildman–Crippen MR) is 86.7 cm³/mol. The molecule has 0 aromatic heterocycles. The molecule has 4 saturated carbocycles. The molecule has 4 aliphatic carbocycles. The van der Waals surface area contributed by atoms with Crippen LogP contribution in [0.25, 0.3) is 0 Å².